The van der Waals surface area contributed by atoms with Crippen molar-refractivity contribution >= 4 is 27.6 Å². The SMILES string of the molecule is COC(=O)c1ccc(C)c(NC(=O)[C@@H]2CCCN(S(=O)(=O)c3ccc(OC)cc3)C2)c1. The lowest BCUT2D eigenvalue weighted by Crippen LogP contribution is -2.43. The van der Waals surface area contributed by atoms with Gasteiger partial charge in [-0.2, -0.15) is 4.31 Å². The van der Waals surface area contributed by atoms with Crippen LogP contribution in [0.15, 0.2) is 47.4 Å². The molecule has 1 aliphatic rings. The van der Waals surface area contributed by atoms with Gasteiger partial charge in [-0.25, -0.2) is 13.2 Å². The number of sulfonamides is 1. The van der Waals surface area contributed by atoms with E-state index in [9.17, 15) is 18.0 Å². The van der Waals surface area contributed by atoms with E-state index in [4.69, 9.17) is 9.47 Å². The third kappa shape index (κ3) is 5.05. The van der Waals surface area contributed by atoms with Gasteiger partial charge in [-0.05, 0) is 61.7 Å². The fraction of sp³-hybridized carbons (Fsp3) is 0.364. The number of hydrogen-bond donors (Lipinski definition) is 1. The van der Waals surface area contributed by atoms with Crippen molar-refractivity contribution in [3.05, 3.63) is 53.6 Å². The fourth-order valence-electron chi connectivity index (χ4n) is 3.51. The van der Waals surface area contributed by atoms with Crippen LogP contribution < -0.4 is 10.1 Å². The molecule has 1 fully saturated rings. The highest BCUT2D eigenvalue weighted by molar-refractivity contribution is 7.89. The van der Waals surface area contributed by atoms with Gasteiger partial charge in [0.1, 0.15) is 5.75 Å². The number of carbonyl (C=O) groups excluding carboxylic acids is 2. The summed E-state index contributed by atoms with van der Waals surface area (Å²) in [7, 11) is -0.913. The first kappa shape index (κ1) is 22.8. The average Bonchev–Trinajstić information content (AvgIpc) is 2.80. The maximum atomic E-state index is 13.0. The van der Waals surface area contributed by atoms with Crippen molar-refractivity contribution < 1.29 is 27.5 Å². The highest BCUT2D eigenvalue weighted by Gasteiger charge is 2.33. The smallest absolute Gasteiger partial charge is 0.337 e. The van der Waals surface area contributed by atoms with Crippen LogP contribution in [-0.2, 0) is 19.6 Å². The van der Waals surface area contributed by atoms with Gasteiger partial charge in [0.25, 0.3) is 0 Å². The summed E-state index contributed by atoms with van der Waals surface area (Å²) in [6.45, 7) is 2.27. The summed E-state index contributed by atoms with van der Waals surface area (Å²) in [4.78, 5) is 24.8. The van der Waals surface area contributed by atoms with Crippen molar-refractivity contribution in [1.82, 2.24) is 4.31 Å². The predicted molar refractivity (Wildman–Crippen MR) is 116 cm³/mol. The molecule has 1 N–H and O–H groups in total. The molecule has 0 saturated carbocycles. The monoisotopic (exact) mass is 446 g/mol. The van der Waals surface area contributed by atoms with Gasteiger partial charge in [-0.1, -0.05) is 6.07 Å². The second-order valence-electron chi connectivity index (χ2n) is 7.39. The summed E-state index contributed by atoms with van der Waals surface area (Å²) in [6.07, 6.45) is 1.16. The number of esters is 1. The zero-order valence-corrected chi connectivity index (χ0v) is 18.6. The fourth-order valence-corrected chi connectivity index (χ4v) is 5.03. The third-order valence-electron chi connectivity index (χ3n) is 5.37. The molecule has 1 saturated heterocycles. The van der Waals surface area contributed by atoms with Crippen LogP contribution in [0, 0.1) is 12.8 Å². The Morgan fingerprint density at radius 3 is 2.45 bits per heavy atom. The molecule has 1 amide bonds. The number of piperidine rings is 1. The number of carbonyl (C=O) groups is 2. The molecular formula is C22H26N2O6S. The van der Waals surface area contributed by atoms with Crippen molar-refractivity contribution in [3.63, 3.8) is 0 Å². The summed E-state index contributed by atoms with van der Waals surface area (Å²) in [5.41, 5.74) is 1.62. The predicted octanol–water partition coefficient (Wildman–Crippen LogP) is 2.83. The summed E-state index contributed by atoms with van der Waals surface area (Å²) in [5.74, 6) is -0.702. The number of aryl methyl sites for hydroxylation is 1. The Hall–Kier alpha value is -2.91. The van der Waals surface area contributed by atoms with E-state index in [0.29, 0.717) is 36.4 Å². The zero-order chi connectivity index (χ0) is 22.6. The van der Waals surface area contributed by atoms with Crippen molar-refractivity contribution in [2.75, 3.05) is 32.6 Å². The van der Waals surface area contributed by atoms with Crippen LogP contribution in [0.3, 0.4) is 0 Å². The van der Waals surface area contributed by atoms with Gasteiger partial charge in [0.05, 0.1) is 30.6 Å². The van der Waals surface area contributed by atoms with E-state index < -0.39 is 21.9 Å². The van der Waals surface area contributed by atoms with Gasteiger partial charge in [0.15, 0.2) is 0 Å². The number of anilines is 1. The highest BCUT2D eigenvalue weighted by Crippen LogP contribution is 2.26. The number of hydrogen-bond acceptors (Lipinski definition) is 6. The van der Waals surface area contributed by atoms with Crippen LogP contribution in [0.4, 0.5) is 5.69 Å². The molecule has 1 heterocycles. The van der Waals surface area contributed by atoms with Gasteiger partial charge >= 0.3 is 5.97 Å². The van der Waals surface area contributed by atoms with E-state index in [0.717, 1.165) is 5.56 Å². The van der Waals surface area contributed by atoms with Gasteiger partial charge in [-0.3, -0.25) is 4.79 Å². The first-order chi connectivity index (χ1) is 14.8. The molecule has 9 heteroatoms. The van der Waals surface area contributed by atoms with Crippen molar-refractivity contribution in [2.24, 2.45) is 5.92 Å². The van der Waals surface area contributed by atoms with E-state index in [2.05, 4.69) is 5.32 Å². The van der Waals surface area contributed by atoms with E-state index >= 15 is 0 Å². The van der Waals surface area contributed by atoms with Crippen LogP contribution in [0.25, 0.3) is 0 Å². The average molecular weight is 447 g/mol. The molecule has 3 rings (SSSR count). The molecule has 166 valence electrons. The number of nitrogens with one attached hydrogen (secondary N) is 1. The van der Waals surface area contributed by atoms with Gasteiger partial charge < -0.3 is 14.8 Å². The van der Waals surface area contributed by atoms with Crippen LogP contribution in [0.5, 0.6) is 5.75 Å². The molecule has 0 unspecified atom stereocenters. The lowest BCUT2D eigenvalue weighted by molar-refractivity contribution is -0.120. The number of benzene rings is 2. The summed E-state index contributed by atoms with van der Waals surface area (Å²) in [6, 6.07) is 11.1. The number of amides is 1. The zero-order valence-electron chi connectivity index (χ0n) is 17.8. The largest absolute Gasteiger partial charge is 0.497 e. The number of rotatable bonds is 6. The Morgan fingerprint density at radius 2 is 1.81 bits per heavy atom. The molecule has 31 heavy (non-hydrogen) atoms. The second kappa shape index (κ2) is 9.49. The minimum absolute atomic E-state index is 0.0932. The maximum Gasteiger partial charge on any atom is 0.337 e. The Kier molecular flexibility index (Phi) is 6.97. The van der Waals surface area contributed by atoms with Crippen LogP contribution in [0.1, 0.15) is 28.8 Å². The first-order valence-corrected chi connectivity index (χ1v) is 11.3. The number of ether oxygens (including phenoxy) is 2. The maximum absolute atomic E-state index is 13.0. The van der Waals surface area contributed by atoms with Crippen molar-refractivity contribution in [2.45, 2.75) is 24.7 Å². The van der Waals surface area contributed by atoms with E-state index in [-0.39, 0.29) is 17.3 Å². The molecule has 0 aromatic heterocycles. The molecule has 8 nitrogen and oxygen atoms in total. The first-order valence-electron chi connectivity index (χ1n) is 9.90. The Morgan fingerprint density at radius 1 is 1.10 bits per heavy atom. The highest BCUT2D eigenvalue weighted by atomic mass is 32.2. The lowest BCUT2D eigenvalue weighted by Gasteiger charge is -2.31. The third-order valence-corrected chi connectivity index (χ3v) is 7.25. The standard InChI is InChI=1S/C22H26N2O6S/c1-15-6-7-16(22(26)30-3)13-20(15)23-21(25)17-5-4-12-24(14-17)31(27,28)19-10-8-18(29-2)9-11-19/h6-11,13,17H,4-5,12,14H2,1-3H3,(H,23,25)/t17-/m1/s1. The Labute approximate surface area is 182 Å². The lowest BCUT2D eigenvalue weighted by atomic mass is 9.98. The summed E-state index contributed by atoms with van der Waals surface area (Å²) in [5, 5.41) is 2.84. The molecule has 2 aromatic carbocycles. The van der Waals surface area contributed by atoms with Gasteiger partial charge in [0, 0.05) is 18.8 Å². The van der Waals surface area contributed by atoms with Crippen LogP contribution in [-0.4, -0.2) is 51.9 Å². The molecule has 0 aliphatic carbocycles. The van der Waals surface area contributed by atoms with E-state index in [1.54, 1.807) is 30.3 Å². The van der Waals surface area contributed by atoms with Crippen molar-refractivity contribution in [1.29, 1.82) is 0 Å². The quantitative estimate of drug-likeness (QED) is 0.685. The Balaban J connectivity index is 1.74. The molecular weight excluding hydrogens is 420 g/mol. The van der Waals surface area contributed by atoms with Crippen LogP contribution in [0.2, 0.25) is 0 Å². The molecule has 0 bridgehead atoms. The minimum Gasteiger partial charge on any atom is -0.497 e. The van der Waals surface area contributed by atoms with E-state index in [1.807, 2.05) is 6.92 Å². The van der Waals surface area contributed by atoms with Gasteiger partial charge in [0.2, 0.25) is 15.9 Å². The normalized spacial score (nSPS) is 17.1. The van der Waals surface area contributed by atoms with Crippen LogP contribution >= 0.6 is 0 Å². The summed E-state index contributed by atoms with van der Waals surface area (Å²) >= 11 is 0. The number of methoxy groups -OCH3 is 2. The molecule has 2 aromatic rings. The second-order valence-corrected chi connectivity index (χ2v) is 9.33. The molecule has 0 radical (unpaired) electrons. The van der Waals surface area contributed by atoms with Crippen molar-refractivity contribution in [3.8, 4) is 5.75 Å². The molecule has 1 atom stereocenters. The molecule has 0 spiro atoms. The topological polar surface area (TPSA) is 102 Å². The van der Waals surface area contributed by atoms with E-state index in [1.165, 1.54) is 30.7 Å². The Bertz CT molecular complexity index is 1070. The summed E-state index contributed by atoms with van der Waals surface area (Å²) < 4.78 is 37.2. The minimum atomic E-state index is -3.72. The number of nitrogens with zero attached hydrogens (tertiary/aromatic N) is 1. The molecule has 1 aliphatic heterocycles. The van der Waals surface area contributed by atoms with Gasteiger partial charge in [-0.15, -0.1) is 0 Å².